The van der Waals surface area contributed by atoms with Crippen LogP contribution in [0.2, 0.25) is 0 Å². The first kappa shape index (κ1) is 23.2. The molecule has 1 N–H and O–H groups in total. The van der Waals surface area contributed by atoms with E-state index in [1.54, 1.807) is 0 Å². The van der Waals surface area contributed by atoms with Crippen LogP contribution in [0.5, 0.6) is 5.75 Å². The molecule has 2 heterocycles. The number of hydrogen-bond acceptors (Lipinski definition) is 5. The molecule has 1 unspecified atom stereocenters. The highest BCUT2D eigenvalue weighted by atomic mass is 35.5. The first-order valence-electron chi connectivity index (χ1n) is 9.46. The lowest BCUT2D eigenvalue weighted by molar-refractivity contribution is -0.00100. The van der Waals surface area contributed by atoms with Gasteiger partial charge in [0.15, 0.2) is 0 Å². The summed E-state index contributed by atoms with van der Waals surface area (Å²) in [5.74, 6) is 1.82. The van der Waals surface area contributed by atoms with Crippen molar-refractivity contribution in [1.29, 1.82) is 0 Å². The first-order valence-corrected chi connectivity index (χ1v) is 9.46. The minimum atomic E-state index is -0.502. The Morgan fingerprint density at radius 3 is 2.34 bits per heavy atom. The molecule has 0 spiro atoms. The van der Waals surface area contributed by atoms with Crippen molar-refractivity contribution in [2.45, 2.75) is 6.10 Å². The lowest BCUT2D eigenvalue weighted by atomic mass is 10.1. The third-order valence-electron chi connectivity index (χ3n) is 4.98. The summed E-state index contributed by atoms with van der Waals surface area (Å²) in [7, 11) is 0. The number of aliphatic hydroxyl groups is 1. The van der Waals surface area contributed by atoms with E-state index in [4.69, 9.17) is 4.74 Å². The zero-order valence-electron chi connectivity index (χ0n) is 16.1. The van der Waals surface area contributed by atoms with E-state index in [-0.39, 0.29) is 24.8 Å². The van der Waals surface area contributed by atoms with Crippen LogP contribution in [0.3, 0.4) is 0 Å². The Bertz CT molecular complexity index is 874. The Hall–Kier alpha value is -2.05. The van der Waals surface area contributed by atoms with E-state index in [1.807, 2.05) is 54.7 Å². The van der Waals surface area contributed by atoms with Gasteiger partial charge < -0.3 is 39.6 Å². The minimum absolute atomic E-state index is 0. The second-order valence-corrected chi connectivity index (χ2v) is 6.95. The molecule has 3 aromatic rings. The molecule has 29 heavy (non-hydrogen) atoms. The van der Waals surface area contributed by atoms with E-state index in [0.29, 0.717) is 13.2 Å². The van der Waals surface area contributed by atoms with Crippen LogP contribution in [-0.4, -0.2) is 60.4 Å². The molecule has 1 aliphatic rings. The molecule has 5 nitrogen and oxygen atoms in total. The Kier molecular flexibility index (Phi) is 8.99. The van der Waals surface area contributed by atoms with Gasteiger partial charge in [-0.25, -0.2) is 4.98 Å². The number of fused-ring (bicyclic) bond motifs is 1. The van der Waals surface area contributed by atoms with Crippen molar-refractivity contribution in [3.8, 4) is 5.75 Å². The van der Waals surface area contributed by atoms with E-state index < -0.39 is 6.10 Å². The molecular weight excluding hydrogens is 409 g/mol. The molecule has 0 radical (unpaired) electrons. The molecule has 1 aromatic heterocycles. The summed E-state index contributed by atoms with van der Waals surface area (Å²) < 4.78 is 5.81. The number of pyridine rings is 1. The lowest BCUT2D eigenvalue weighted by Gasteiger charge is -2.36. The molecule has 1 fully saturated rings. The molecule has 7 heteroatoms. The summed E-state index contributed by atoms with van der Waals surface area (Å²) in [5, 5.41) is 12.7. The van der Waals surface area contributed by atoms with Gasteiger partial charge in [0.25, 0.3) is 0 Å². The summed E-state index contributed by atoms with van der Waals surface area (Å²) in [5.41, 5.74) is 0. The molecule has 2 aromatic carbocycles. The van der Waals surface area contributed by atoms with Crippen LogP contribution in [0, 0.1) is 0 Å². The fraction of sp³-hybridized carbons (Fsp3) is 0.318. The number of hydrogen-bond donors (Lipinski definition) is 1. The van der Waals surface area contributed by atoms with Crippen molar-refractivity contribution in [1.82, 2.24) is 9.88 Å². The second kappa shape index (κ2) is 11.2. The van der Waals surface area contributed by atoms with E-state index in [9.17, 15) is 5.11 Å². The summed E-state index contributed by atoms with van der Waals surface area (Å²) in [6, 6.07) is 20.2. The maximum Gasteiger partial charge on any atom is 0.128 e. The molecule has 156 valence electrons. The van der Waals surface area contributed by atoms with Gasteiger partial charge in [0, 0.05) is 38.9 Å². The third kappa shape index (κ3) is 6.21. The molecule has 4 rings (SSSR count). The maximum absolute atomic E-state index is 10.4. The number of rotatable bonds is 6. The minimum Gasteiger partial charge on any atom is -1.00 e. The van der Waals surface area contributed by atoms with Gasteiger partial charge in [-0.2, -0.15) is 0 Å². The zero-order valence-corrected chi connectivity index (χ0v) is 17.6. The van der Waals surface area contributed by atoms with Crippen LogP contribution in [0.1, 0.15) is 0 Å². The van der Waals surface area contributed by atoms with Gasteiger partial charge in [-0.05, 0) is 35.0 Å². The maximum atomic E-state index is 10.4. The number of aliphatic hydroxyl groups excluding tert-OH is 1. The fourth-order valence-electron chi connectivity index (χ4n) is 3.50. The average Bonchev–Trinajstić information content (AvgIpc) is 2.73. The van der Waals surface area contributed by atoms with Gasteiger partial charge in [0.2, 0.25) is 0 Å². The van der Waals surface area contributed by atoms with Gasteiger partial charge in [-0.15, -0.1) is 0 Å². The molecule has 1 atom stereocenters. The topological polar surface area (TPSA) is 48.8 Å². The Balaban J connectivity index is 0.00000150. The highest BCUT2D eigenvalue weighted by Crippen LogP contribution is 2.20. The molecular formula is C22H25Cl2N3O2-2. The van der Waals surface area contributed by atoms with Crippen LogP contribution in [0.25, 0.3) is 10.8 Å². The zero-order chi connectivity index (χ0) is 18.5. The highest BCUT2D eigenvalue weighted by molar-refractivity contribution is 5.83. The predicted molar refractivity (Wildman–Crippen MR) is 108 cm³/mol. The normalized spacial score (nSPS) is 15.3. The van der Waals surface area contributed by atoms with Crippen LogP contribution in [-0.2, 0) is 0 Å². The van der Waals surface area contributed by atoms with Gasteiger partial charge in [-0.3, -0.25) is 4.90 Å². The fourth-order valence-corrected chi connectivity index (χ4v) is 3.50. The first-order chi connectivity index (χ1) is 13.3. The number of ether oxygens (including phenoxy) is 1. The predicted octanol–water partition coefficient (Wildman–Crippen LogP) is -3.20. The summed E-state index contributed by atoms with van der Waals surface area (Å²) in [6.07, 6.45) is 1.33. The molecule has 0 amide bonds. The summed E-state index contributed by atoms with van der Waals surface area (Å²) in [6.45, 7) is 4.63. The molecule has 1 saturated heterocycles. The van der Waals surface area contributed by atoms with Gasteiger partial charge in [0.1, 0.15) is 24.3 Å². The number of benzene rings is 2. The Morgan fingerprint density at radius 2 is 1.62 bits per heavy atom. The van der Waals surface area contributed by atoms with E-state index in [1.165, 1.54) is 5.39 Å². The van der Waals surface area contributed by atoms with Gasteiger partial charge >= 0.3 is 0 Å². The van der Waals surface area contributed by atoms with E-state index in [0.717, 1.165) is 43.1 Å². The van der Waals surface area contributed by atoms with Crippen molar-refractivity contribution in [2.24, 2.45) is 0 Å². The number of aromatic nitrogens is 1. The molecule has 0 aliphatic carbocycles. The van der Waals surface area contributed by atoms with Crippen LogP contribution < -0.4 is 34.5 Å². The standard InChI is InChI=1S/C22H25N3O2.2ClH/c26-20(17-27-21-9-8-18-5-1-2-6-19(18)15-21)16-24-11-13-25(14-12-24)22-7-3-4-10-23-22;;/h1-10,15,20,26H,11-14,16-17H2;2*1H/p-2. The third-order valence-corrected chi connectivity index (χ3v) is 4.98. The Morgan fingerprint density at radius 1 is 0.897 bits per heavy atom. The van der Waals surface area contributed by atoms with E-state index in [2.05, 4.69) is 26.9 Å². The van der Waals surface area contributed by atoms with Crippen LogP contribution in [0.4, 0.5) is 5.82 Å². The second-order valence-electron chi connectivity index (χ2n) is 6.95. The van der Waals surface area contributed by atoms with Crippen molar-refractivity contribution in [2.75, 3.05) is 44.2 Å². The van der Waals surface area contributed by atoms with Crippen LogP contribution >= 0.6 is 0 Å². The highest BCUT2D eigenvalue weighted by Gasteiger charge is 2.20. The van der Waals surface area contributed by atoms with E-state index >= 15 is 0 Å². The summed E-state index contributed by atoms with van der Waals surface area (Å²) >= 11 is 0. The quantitative estimate of drug-likeness (QED) is 0.443. The van der Waals surface area contributed by atoms with Gasteiger partial charge in [0.05, 0.1) is 0 Å². The van der Waals surface area contributed by atoms with Crippen molar-refractivity contribution in [3.05, 3.63) is 66.9 Å². The van der Waals surface area contributed by atoms with Gasteiger partial charge in [-0.1, -0.05) is 36.4 Å². The monoisotopic (exact) mass is 433 g/mol. The SMILES string of the molecule is OC(COc1ccc2ccccc2c1)CN1CCN(c2ccccn2)CC1.[Cl-].[Cl-]. The van der Waals surface area contributed by atoms with Crippen molar-refractivity contribution < 1.29 is 34.7 Å². The number of anilines is 1. The molecule has 0 saturated carbocycles. The number of β-amino-alcohol motifs (C(OH)–C–C–N with tert-alkyl or cyclic N) is 1. The van der Waals surface area contributed by atoms with Crippen LogP contribution in [0.15, 0.2) is 66.9 Å². The lowest BCUT2D eigenvalue weighted by Crippen LogP contribution is -3.00. The number of nitrogens with zero attached hydrogens (tertiary/aromatic N) is 3. The number of halogens is 2. The smallest absolute Gasteiger partial charge is 0.128 e. The molecule has 0 bridgehead atoms. The average molecular weight is 434 g/mol. The van der Waals surface area contributed by atoms with Crippen molar-refractivity contribution in [3.63, 3.8) is 0 Å². The Labute approximate surface area is 184 Å². The van der Waals surface area contributed by atoms with Crippen molar-refractivity contribution >= 4 is 16.6 Å². The molecule has 1 aliphatic heterocycles. The largest absolute Gasteiger partial charge is 1.00 e. The number of piperazine rings is 1. The summed E-state index contributed by atoms with van der Waals surface area (Å²) in [4.78, 5) is 8.98.